The minimum absolute atomic E-state index is 0.200. The molecule has 6 heteroatoms. The van der Waals surface area contributed by atoms with Crippen LogP contribution in [-0.4, -0.2) is 23.8 Å². The standard InChI is InChI=1S/C25H23NO5/c1-17(24(28)20-12-14-21(15-13-20)26-18(2)27)31-25(29)22-10-6-7-11-23(22)30-16-19-8-4-3-5-9-19/h3-15,17H,16H2,1-2H3,(H,26,27). The summed E-state index contributed by atoms with van der Waals surface area (Å²) < 4.78 is 11.2. The highest BCUT2D eigenvalue weighted by atomic mass is 16.5. The SMILES string of the molecule is CC(=O)Nc1ccc(C(=O)C(C)OC(=O)c2ccccc2OCc2ccccc2)cc1. The van der Waals surface area contributed by atoms with Crippen LogP contribution in [0.5, 0.6) is 5.75 Å². The number of hydrogen-bond acceptors (Lipinski definition) is 5. The van der Waals surface area contributed by atoms with E-state index in [0.29, 0.717) is 23.6 Å². The highest BCUT2D eigenvalue weighted by Gasteiger charge is 2.22. The Bertz CT molecular complexity index is 1060. The summed E-state index contributed by atoms with van der Waals surface area (Å²) >= 11 is 0. The van der Waals surface area contributed by atoms with Crippen LogP contribution < -0.4 is 10.1 Å². The van der Waals surface area contributed by atoms with Gasteiger partial charge in [0.2, 0.25) is 11.7 Å². The van der Waals surface area contributed by atoms with Crippen LogP contribution in [-0.2, 0) is 16.1 Å². The number of anilines is 1. The number of ketones is 1. The number of nitrogens with one attached hydrogen (secondary N) is 1. The van der Waals surface area contributed by atoms with Crippen molar-refractivity contribution in [1.29, 1.82) is 0 Å². The van der Waals surface area contributed by atoms with Crippen LogP contribution in [0.4, 0.5) is 5.69 Å². The van der Waals surface area contributed by atoms with Crippen molar-refractivity contribution in [3.8, 4) is 5.75 Å². The highest BCUT2D eigenvalue weighted by molar-refractivity contribution is 6.02. The zero-order chi connectivity index (χ0) is 22.2. The number of benzene rings is 3. The van der Waals surface area contributed by atoms with E-state index in [0.717, 1.165) is 5.56 Å². The number of carbonyl (C=O) groups excluding carboxylic acids is 3. The largest absolute Gasteiger partial charge is 0.488 e. The highest BCUT2D eigenvalue weighted by Crippen LogP contribution is 2.22. The molecule has 0 bridgehead atoms. The minimum atomic E-state index is -0.985. The van der Waals surface area contributed by atoms with Crippen LogP contribution >= 0.6 is 0 Å². The lowest BCUT2D eigenvalue weighted by molar-refractivity contribution is -0.114. The second-order valence-corrected chi connectivity index (χ2v) is 6.94. The Labute approximate surface area is 180 Å². The second-order valence-electron chi connectivity index (χ2n) is 6.94. The molecule has 3 aromatic rings. The molecule has 6 nitrogen and oxygen atoms in total. The molecule has 0 aliphatic carbocycles. The van der Waals surface area contributed by atoms with Gasteiger partial charge in [-0.15, -0.1) is 0 Å². The third-order valence-corrected chi connectivity index (χ3v) is 4.49. The molecule has 0 aliphatic rings. The fourth-order valence-corrected chi connectivity index (χ4v) is 2.93. The van der Waals surface area contributed by atoms with Gasteiger partial charge < -0.3 is 14.8 Å². The number of hydrogen-bond donors (Lipinski definition) is 1. The molecule has 3 rings (SSSR count). The number of rotatable bonds is 8. The summed E-state index contributed by atoms with van der Waals surface area (Å²) in [5.74, 6) is -0.796. The molecule has 31 heavy (non-hydrogen) atoms. The van der Waals surface area contributed by atoms with E-state index in [2.05, 4.69) is 5.32 Å². The first-order chi connectivity index (χ1) is 14.9. The molecule has 0 radical (unpaired) electrons. The van der Waals surface area contributed by atoms with Crippen molar-refractivity contribution in [3.05, 3.63) is 95.6 Å². The Morgan fingerprint density at radius 2 is 1.52 bits per heavy atom. The molecule has 0 saturated carbocycles. The predicted molar refractivity (Wildman–Crippen MR) is 117 cm³/mol. The summed E-state index contributed by atoms with van der Waals surface area (Å²) in [7, 11) is 0. The van der Waals surface area contributed by atoms with Crippen molar-refractivity contribution in [2.75, 3.05) is 5.32 Å². The van der Waals surface area contributed by atoms with E-state index in [1.165, 1.54) is 13.8 Å². The Hall–Kier alpha value is -3.93. The first-order valence-electron chi connectivity index (χ1n) is 9.82. The van der Waals surface area contributed by atoms with Crippen LogP contribution in [0, 0.1) is 0 Å². The van der Waals surface area contributed by atoms with E-state index in [1.807, 2.05) is 30.3 Å². The normalized spacial score (nSPS) is 11.3. The Balaban J connectivity index is 1.65. The maximum atomic E-state index is 12.7. The first kappa shape index (κ1) is 21.8. The lowest BCUT2D eigenvalue weighted by atomic mass is 10.1. The van der Waals surface area contributed by atoms with Gasteiger partial charge in [0.15, 0.2) is 6.10 Å². The van der Waals surface area contributed by atoms with Crippen molar-refractivity contribution in [2.24, 2.45) is 0 Å². The van der Waals surface area contributed by atoms with Gasteiger partial charge in [-0.05, 0) is 48.9 Å². The maximum Gasteiger partial charge on any atom is 0.342 e. The Morgan fingerprint density at radius 1 is 0.871 bits per heavy atom. The lowest BCUT2D eigenvalue weighted by Crippen LogP contribution is -2.24. The average molecular weight is 417 g/mol. The van der Waals surface area contributed by atoms with Gasteiger partial charge in [0.1, 0.15) is 17.9 Å². The summed E-state index contributed by atoms with van der Waals surface area (Å²) in [6, 6.07) is 22.8. The number of para-hydroxylation sites is 1. The van der Waals surface area contributed by atoms with Crippen LogP contribution in [0.3, 0.4) is 0 Å². The van der Waals surface area contributed by atoms with Gasteiger partial charge in [-0.25, -0.2) is 4.79 Å². The first-order valence-corrected chi connectivity index (χ1v) is 9.82. The van der Waals surface area contributed by atoms with Crippen molar-refractivity contribution in [1.82, 2.24) is 0 Å². The van der Waals surface area contributed by atoms with Gasteiger partial charge in [-0.2, -0.15) is 0 Å². The molecule has 1 unspecified atom stereocenters. The van der Waals surface area contributed by atoms with E-state index in [4.69, 9.17) is 9.47 Å². The van der Waals surface area contributed by atoms with E-state index in [1.54, 1.807) is 48.5 Å². The van der Waals surface area contributed by atoms with Crippen molar-refractivity contribution >= 4 is 23.3 Å². The zero-order valence-electron chi connectivity index (χ0n) is 17.3. The number of carbonyl (C=O) groups is 3. The molecule has 1 atom stereocenters. The van der Waals surface area contributed by atoms with Crippen LogP contribution in [0.2, 0.25) is 0 Å². The summed E-state index contributed by atoms with van der Waals surface area (Å²) in [5.41, 5.74) is 2.18. The second kappa shape index (κ2) is 10.2. The van der Waals surface area contributed by atoms with Gasteiger partial charge in [-0.3, -0.25) is 9.59 Å². The summed E-state index contributed by atoms with van der Waals surface area (Å²) in [6.07, 6.45) is -0.985. The number of Topliss-reactive ketones (excluding diaryl/α,β-unsaturated/α-hetero) is 1. The molecule has 0 heterocycles. The number of esters is 1. The third kappa shape index (κ3) is 6.02. The minimum Gasteiger partial charge on any atom is -0.488 e. The molecule has 0 aliphatic heterocycles. The van der Waals surface area contributed by atoms with E-state index >= 15 is 0 Å². The average Bonchev–Trinajstić information content (AvgIpc) is 2.78. The zero-order valence-corrected chi connectivity index (χ0v) is 17.3. The van der Waals surface area contributed by atoms with Crippen molar-refractivity contribution in [3.63, 3.8) is 0 Å². The third-order valence-electron chi connectivity index (χ3n) is 4.49. The molecule has 0 fully saturated rings. The number of ether oxygens (including phenoxy) is 2. The van der Waals surface area contributed by atoms with E-state index in [-0.39, 0.29) is 17.3 Å². The Morgan fingerprint density at radius 3 is 2.19 bits per heavy atom. The van der Waals surface area contributed by atoms with Gasteiger partial charge in [0, 0.05) is 18.2 Å². The van der Waals surface area contributed by atoms with Gasteiger partial charge in [0.05, 0.1) is 0 Å². The molecular weight excluding hydrogens is 394 g/mol. The molecule has 0 aromatic heterocycles. The van der Waals surface area contributed by atoms with E-state index < -0.39 is 12.1 Å². The van der Waals surface area contributed by atoms with E-state index in [9.17, 15) is 14.4 Å². The van der Waals surface area contributed by atoms with Gasteiger partial charge in [-0.1, -0.05) is 42.5 Å². The topological polar surface area (TPSA) is 81.7 Å². The number of amides is 1. The molecule has 158 valence electrons. The lowest BCUT2D eigenvalue weighted by Gasteiger charge is -2.15. The monoisotopic (exact) mass is 417 g/mol. The summed E-state index contributed by atoms with van der Waals surface area (Å²) in [5, 5.41) is 2.63. The van der Waals surface area contributed by atoms with Crippen LogP contribution in [0.1, 0.15) is 40.1 Å². The quantitative estimate of drug-likeness (QED) is 0.426. The molecule has 1 N–H and O–H groups in total. The molecular formula is C25H23NO5. The summed E-state index contributed by atoms with van der Waals surface area (Å²) in [4.78, 5) is 36.4. The Kier molecular flexibility index (Phi) is 7.17. The molecule has 0 saturated heterocycles. The van der Waals surface area contributed by atoms with Gasteiger partial charge >= 0.3 is 5.97 Å². The fourth-order valence-electron chi connectivity index (χ4n) is 2.93. The van der Waals surface area contributed by atoms with Gasteiger partial charge in [0.25, 0.3) is 0 Å². The molecule has 1 amide bonds. The molecule has 0 spiro atoms. The maximum absolute atomic E-state index is 12.7. The van der Waals surface area contributed by atoms with Crippen molar-refractivity contribution in [2.45, 2.75) is 26.6 Å². The van der Waals surface area contributed by atoms with Crippen molar-refractivity contribution < 1.29 is 23.9 Å². The molecule has 3 aromatic carbocycles. The van der Waals surface area contributed by atoms with Crippen LogP contribution in [0.15, 0.2) is 78.9 Å². The van der Waals surface area contributed by atoms with Crippen LogP contribution in [0.25, 0.3) is 0 Å². The smallest absolute Gasteiger partial charge is 0.342 e. The predicted octanol–water partition coefficient (Wildman–Crippen LogP) is 4.65. The summed E-state index contributed by atoms with van der Waals surface area (Å²) in [6.45, 7) is 3.23. The fraction of sp³-hybridized carbons (Fsp3) is 0.160.